The van der Waals surface area contributed by atoms with Gasteiger partial charge in [0.15, 0.2) is 6.67 Å². The van der Waals surface area contributed by atoms with Crippen LogP contribution in [0.25, 0.3) is 0 Å². The van der Waals surface area contributed by atoms with Crippen LogP contribution in [0.3, 0.4) is 0 Å². The van der Waals surface area contributed by atoms with Gasteiger partial charge in [0, 0.05) is 0 Å². The molecule has 0 spiro atoms. The summed E-state index contributed by atoms with van der Waals surface area (Å²) in [5.74, 6) is -1.56. The number of hydrogen-bond acceptors (Lipinski definition) is 5. The molecule has 2 saturated heterocycles. The van der Waals surface area contributed by atoms with Crippen molar-refractivity contribution in [3.63, 3.8) is 0 Å². The summed E-state index contributed by atoms with van der Waals surface area (Å²) in [6, 6.07) is 12.2. The fourth-order valence-corrected chi connectivity index (χ4v) is 4.25. The predicted octanol–water partition coefficient (Wildman–Crippen LogP) is 0.0373. The first-order valence-corrected chi connectivity index (χ1v) is 10.3. The third-order valence-electron chi connectivity index (χ3n) is 5.19. The molecule has 1 N–H and O–H groups in total. The van der Waals surface area contributed by atoms with Crippen LogP contribution in [0.15, 0.2) is 47.8 Å². The first-order valence-electron chi connectivity index (χ1n) is 9.42. The number of piperazine rings is 1. The Labute approximate surface area is 171 Å². The average Bonchev–Trinajstić information content (AvgIpc) is 3.35. The van der Waals surface area contributed by atoms with E-state index in [9.17, 15) is 19.2 Å². The fraction of sp³-hybridized carbons (Fsp3) is 0.300. The molecule has 0 bridgehead atoms. The number of carbonyl (C=O) groups is 4. The molecular formula is C20H21N4O4S+. The van der Waals surface area contributed by atoms with Crippen LogP contribution in [0, 0.1) is 0 Å². The highest BCUT2D eigenvalue weighted by atomic mass is 32.1. The van der Waals surface area contributed by atoms with Crippen molar-refractivity contribution in [2.24, 2.45) is 0 Å². The van der Waals surface area contributed by atoms with Gasteiger partial charge >= 0.3 is 17.8 Å². The van der Waals surface area contributed by atoms with E-state index in [1.807, 2.05) is 41.8 Å². The number of imide groups is 2. The van der Waals surface area contributed by atoms with Crippen LogP contribution < -0.4 is 4.90 Å². The van der Waals surface area contributed by atoms with E-state index in [0.29, 0.717) is 31.1 Å². The number of benzene rings is 1. The average molecular weight is 413 g/mol. The number of urea groups is 1. The van der Waals surface area contributed by atoms with Crippen molar-refractivity contribution < 1.29 is 24.1 Å². The van der Waals surface area contributed by atoms with Gasteiger partial charge in [-0.2, -0.15) is 0 Å². The van der Waals surface area contributed by atoms with Crippen molar-refractivity contribution in [3.05, 3.63) is 58.3 Å². The summed E-state index contributed by atoms with van der Waals surface area (Å²) in [5.41, 5.74) is 0.789. The fourth-order valence-electron chi connectivity index (χ4n) is 3.56. The molecule has 0 radical (unpaired) electrons. The van der Waals surface area contributed by atoms with E-state index in [1.165, 1.54) is 11.3 Å². The topological polar surface area (TPSA) is 82.4 Å². The summed E-state index contributed by atoms with van der Waals surface area (Å²) < 4.78 is 0. The third kappa shape index (κ3) is 3.92. The van der Waals surface area contributed by atoms with Crippen LogP contribution in [0.4, 0.5) is 4.79 Å². The maximum Gasteiger partial charge on any atom is 0.339 e. The lowest BCUT2D eigenvalue weighted by atomic mass is 10.2. The number of nitrogens with zero attached hydrogens (tertiary/aromatic N) is 3. The van der Waals surface area contributed by atoms with Gasteiger partial charge in [0.25, 0.3) is 5.91 Å². The smallest absolute Gasteiger partial charge is 0.327 e. The lowest BCUT2D eigenvalue weighted by molar-refractivity contribution is -0.911. The van der Waals surface area contributed by atoms with Crippen molar-refractivity contribution in [2.75, 3.05) is 32.8 Å². The molecule has 3 heterocycles. The number of hydrogen-bond donors (Lipinski definition) is 1. The maximum atomic E-state index is 12.7. The zero-order chi connectivity index (χ0) is 20.4. The minimum atomic E-state index is -0.787. The van der Waals surface area contributed by atoms with Crippen LogP contribution in [0.1, 0.15) is 15.2 Å². The van der Waals surface area contributed by atoms with Gasteiger partial charge < -0.3 is 9.80 Å². The Hall–Kier alpha value is -3.04. The summed E-state index contributed by atoms with van der Waals surface area (Å²) in [5, 5.41) is 1.87. The van der Waals surface area contributed by atoms with Crippen molar-refractivity contribution in [2.45, 2.75) is 6.54 Å². The van der Waals surface area contributed by atoms with Gasteiger partial charge in [0.1, 0.15) is 0 Å². The quantitative estimate of drug-likeness (QED) is 0.554. The molecule has 2 aliphatic rings. The molecule has 1 aromatic carbocycles. The maximum absolute atomic E-state index is 12.7. The standard InChI is InChI=1S/C20H20N4O4S/c25-17(16-7-4-12-29-16)22-10-8-21(9-11-22)14-24-19(27)18(26)23(20(24)28)13-15-5-2-1-3-6-15/h1-7,12H,8-11,13-14H2/p+1. The molecular weight excluding hydrogens is 392 g/mol. The van der Waals surface area contributed by atoms with Crippen LogP contribution in [-0.2, 0) is 16.1 Å². The molecule has 0 atom stereocenters. The number of rotatable bonds is 5. The zero-order valence-electron chi connectivity index (χ0n) is 15.7. The van der Waals surface area contributed by atoms with Gasteiger partial charge in [-0.25, -0.2) is 9.69 Å². The highest BCUT2D eigenvalue weighted by molar-refractivity contribution is 7.12. The van der Waals surface area contributed by atoms with Crippen LogP contribution in [0.2, 0.25) is 0 Å². The van der Waals surface area contributed by atoms with Crippen molar-refractivity contribution in [3.8, 4) is 0 Å². The normalized spacial score (nSPS) is 18.1. The second-order valence-electron chi connectivity index (χ2n) is 7.07. The number of quaternary nitrogens is 1. The molecule has 0 saturated carbocycles. The van der Waals surface area contributed by atoms with Gasteiger partial charge in [-0.05, 0) is 17.0 Å². The number of carbonyl (C=O) groups excluding carboxylic acids is 4. The Bertz CT molecular complexity index is 923. The summed E-state index contributed by atoms with van der Waals surface area (Å²) >= 11 is 1.41. The Morgan fingerprint density at radius 1 is 0.931 bits per heavy atom. The monoisotopic (exact) mass is 413 g/mol. The molecule has 2 fully saturated rings. The van der Waals surface area contributed by atoms with E-state index >= 15 is 0 Å². The molecule has 2 aliphatic heterocycles. The molecule has 150 valence electrons. The van der Waals surface area contributed by atoms with Crippen LogP contribution in [0.5, 0.6) is 0 Å². The molecule has 9 heteroatoms. The van der Waals surface area contributed by atoms with Gasteiger partial charge in [-0.1, -0.05) is 36.4 Å². The van der Waals surface area contributed by atoms with Gasteiger partial charge in [0.2, 0.25) is 0 Å². The molecule has 2 aromatic rings. The minimum Gasteiger partial charge on any atom is -0.327 e. The van der Waals surface area contributed by atoms with E-state index in [1.54, 1.807) is 11.0 Å². The van der Waals surface area contributed by atoms with Crippen molar-refractivity contribution in [1.29, 1.82) is 0 Å². The number of amides is 5. The Morgan fingerprint density at radius 2 is 1.62 bits per heavy atom. The predicted molar refractivity (Wildman–Crippen MR) is 105 cm³/mol. The van der Waals surface area contributed by atoms with Gasteiger partial charge in [0.05, 0.1) is 37.6 Å². The summed E-state index contributed by atoms with van der Waals surface area (Å²) in [7, 11) is 0. The van der Waals surface area contributed by atoms with E-state index in [-0.39, 0.29) is 19.1 Å². The SMILES string of the molecule is O=C(c1cccs1)N1CC[NH+](CN2C(=O)C(=O)N(Cc3ccccc3)C2=O)CC1. The van der Waals surface area contributed by atoms with E-state index in [4.69, 9.17) is 0 Å². The van der Waals surface area contributed by atoms with Gasteiger partial charge in [-0.15, -0.1) is 11.3 Å². The largest absolute Gasteiger partial charge is 0.339 e. The molecule has 8 nitrogen and oxygen atoms in total. The molecule has 29 heavy (non-hydrogen) atoms. The van der Waals surface area contributed by atoms with Gasteiger partial charge in [-0.3, -0.25) is 19.3 Å². The molecule has 4 rings (SSSR count). The Balaban J connectivity index is 1.35. The van der Waals surface area contributed by atoms with E-state index in [0.717, 1.165) is 20.3 Å². The Kier molecular flexibility index (Phi) is 5.41. The molecule has 0 aliphatic carbocycles. The molecule has 5 amide bonds. The summed E-state index contributed by atoms with van der Waals surface area (Å²) in [6.07, 6.45) is 0. The number of nitrogens with one attached hydrogen (secondary N) is 1. The summed E-state index contributed by atoms with van der Waals surface area (Å²) in [6.45, 7) is 2.53. The first kappa shape index (κ1) is 19.3. The summed E-state index contributed by atoms with van der Waals surface area (Å²) in [4.78, 5) is 55.3. The third-order valence-corrected chi connectivity index (χ3v) is 6.05. The van der Waals surface area contributed by atoms with Crippen molar-refractivity contribution in [1.82, 2.24) is 14.7 Å². The van der Waals surface area contributed by atoms with Crippen LogP contribution >= 0.6 is 11.3 Å². The second kappa shape index (κ2) is 8.14. The van der Waals surface area contributed by atoms with Crippen molar-refractivity contribution >= 4 is 35.1 Å². The number of thiophene rings is 1. The minimum absolute atomic E-state index is 0.0107. The lowest BCUT2D eigenvalue weighted by Gasteiger charge is -2.33. The Morgan fingerprint density at radius 3 is 2.28 bits per heavy atom. The zero-order valence-corrected chi connectivity index (χ0v) is 16.6. The lowest BCUT2D eigenvalue weighted by Crippen LogP contribution is -3.16. The molecule has 0 unspecified atom stereocenters. The highest BCUT2D eigenvalue weighted by Crippen LogP contribution is 2.15. The van der Waals surface area contributed by atoms with E-state index < -0.39 is 17.8 Å². The highest BCUT2D eigenvalue weighted by Gasteiger charge is 2.46. The first-order chi connectivity index (χ1) is 14.0. The second-order valence-corrected chi connectivity index (χ2v) is 8.02. The van der Waals surface area contributed by atoms with Crippen LogP contribution in [-0.4, -0.2) is 71.3 Å². The molecule has 1 aromatic heterocycles. The van der Waals surface area contributed by atoms with E-state index in [2.05, 4.69) is 0 Å².